The summed E-state index contributed by atoms with van der Waals surface area (Å²) in [5, 5.41) is 10.6. The number of aryl methyl sites for hydroxylation is 1. The van der Waals surface area contributed by atoms with E-state index < -0.39 is 0 Å². The highest BCUT2D eigenvalue weighted by atomic mass is 16.1. The van der Waals surface area contributed by atoms with Crippen LogP contribution < -0.4 is 11.1 Å². The zero-order valence-corrected chi connectivity index (χ0v) is 10.8. The van der Waals surface area contributed by atoms with E-state index in [4.69, 9.17) is 5.73 Å². The van der Waals surface area contributed by atoms with Crippen molar-refractivity contribution in [1.29, 1.82) is 0 Å². The molecular formula is C13H17N5O. The summed E-state index contributed by atoms with van der Waals surface area (Å²) >= 11 is 0. The summed E-state index contributed by atoms with van der Waals surface area (Å²) in [6.07, 6.45) is 2.60. The van der Waals surface area contributed by atoms with Gasteiger partial charge in [0.1, 0.15) is 12.2 Å². The van der Waals surface area contributed by atoms with E-state index in [1.165, 1.54) is 0 Å². The number of anilines is 1. The summed E-state index contributed by atoms with van der Waals surface area (Å²) in [6, 6.07) is 7.38. The Morgan fingerprint density at radius 3 is 2.89 bits per heavy atom. The van der Waals surface area contributed by atoms with Crippen LogP contribution in [0.15, 0.2) is 30.6 Å². The lowest BCUT2D eigenvalue weighted by Gasteiger charge is -2.07. The average Bonchev–Trinajstić information content (AvgIpc) is 2.78. The lowest BCUT2D eigenvalue weighted by atomic mass is 10.1. The van der Waals surface area contributed by atoms with Gasteiger partial charge in [0.05, 0.1) is 6.42 Å². The third-order valence-corrected chi connectivity index (χ3v) is 2.88. The van der Waals surface area contributed by atoms with Crippen molar-refractivity contribution in [1.82, 2.24) is 20.1 Å². The van der Waals surface area contributed by atoms with Crippen LogP contribution in [0.4, 0.5) is 5.69 Å². The van der Waals surface area contributed by atoms with Gasteiger partial charge in [0.25, 0.3) is 0 Å². The van der Waals surface area contributed by atoms with Crippen molar-refractivity contribution in [2.75, 3.05) is 12.3 Å². The molecule has 0 aliphatic rings. The normalized spacial score (nSPS) is 10.4. The second kappa shape index (κ2) is 5.99. The SMILES string of the molecule is Cn1cnnc1CCNC(=O)Cc1ccccc1N. The number of benzene rings is 1. The molecule has 3 N–H and O–H groups in total. The van der Waals surface area contributed by atoms with Gasteiger partial charge in [0.2, 0.25) is 5.91 Å². The fourth-order valence-electron chi connectivity index (χ4n) is 1.78. The largest absolute Gasteiger partial charge is 0.398 e. The van der Waals surface area contributed by atoms with Gasteiger partial charge in [0.15, 0.2) is 0 Å². The molecule has 0 aliphatic heterocycles. The highest BCUT2D eigenvalue weighted by molar-refractivity contribution is 5.80. The Labute approximate surface area is 111 Å². The highest BCUT2D eigenvalue weighted by Gasteiger charge is 2.06. The number of nitrogens with zero attached hydrogens (tertiary/aromatic N) is 3. The minimum Gasteiger partial charge on any atom is -0.398 e. The van der Waals surface area contributed by atoms with Gasteiger partial charge in [0, 0.05) is 25.7 Å². The molecule has 2 rings (SSSR count). The van der Waals surface area contributed by atoms with Gasteiger partial charge < -0.3 is 15.6 Å². The molecule has 0 atom stereocenters. The second-order valence-electron chi connectivity index (χ2n) is 4.33. The Bertz CT molecular complexity index is 564. The number of carbonyl (C=O) groups excluding carboxylic acids is 1. The molecule has 1 amide bonds. The zero-order valence-electron chi connectivity index (χ0n) is 10.8. The van der Waals surface area contributed by atoms with Crippen molar-refractivity contribution in [3.05, 3.63) is 42.0 Å². The lowest BCUT2D eigenvalue weighted by molar-refractivity contribution is -0.120. The van der Waals surface area contributed by atoms with Gasteiger partial charge in [-0.25, -0.2) is 0 Å². The summed E-state index contributed by atoms with van der Waals surface area (Å²) in [5.74, 6) is 0.805. The van der Waals surface area contributed by atoms with E-state index in [0.717, 1.165) is 11.4 Å². The van der Waals surface area contributed by atoms with Gasteiger partial charge in [-0.1, -0.05) is 18.2 Å². The van der Waals surface area contributed by atoms with Gasteiger partial charge in [-0.05, 0) is 11.6 Å². The van der Waals surface area contributed by atoms with Crippen LogP contribution in [0.1, 0.15) is 11.4 Å². The van der Waals surface area contributed by atoms with Crippen LogP contribution in [0.2, 0.25) is 0 Å². The Morgan fingerprint density at radius 2 is 2.21 bits per heavy atom. The Kier molecular flexibility index (Phi) is 4.12. The molecule has 1 aromatic carbocycles. The number of nitrogens with one attached hydrogen (secondary N) is 1. The number of hydrogen-bond donors (Lipinski definition) is 2. The van der Waals surface area contributed by atoms with Crippen LogP contribution in [0.3, 0.4) is 0 Å². The molecule has 6 nitrogen and oxygen atoms in total. The molecule has 0 fully saturated rings. The van der Waals surface area contributed by atoms with Gasteiger partial charge >= 0.3 is 0 Å². The summed E-state index contributed by atoms with van der Waals surface area (Å²) in [5.41, 5.74) is 7.28. The topological polar surface area (TPSA) is 85.8 Å². The second-order valence-corrected chi connectivity index (χ2v) is 4.33. The van der Waals surface area contributed by atoms with Crippen LogP contribution in [-0.2, 0) is 24.7 Å². The van der Waals surface area contributed by atoms with Crippen molar-refractivity contribution >= 4 is 11.6 Å². The first-order chi connectivity index (χ1) is 9.16. The summed E-state index contributed by atoms with van der Waals surface area (Å²) < 4.78 is 1.83. The molecule has 0 radical (unpaired) electrons. The van der Waals surface area contributed by atoms with Crippen molar-refractivity contribution in [2.45, 2.75) is 12.8 Å². The molecule has 0 unspecified atom stereocenters. The number of para-hydroxylation sites is 1. The van der Waals surface area contributed by atoms with E-state index in [1.807, 2.05) is 29.8 Å². The predicted octanol–water partition coefficient (Wildman–Crippen LogP) is 0.299. The summed E-state index contributed by atoms with van der Waals surface area (Å²) in [6.45, 7) is 0.540. The maximum atomic E-state index is 11.8. The first kappa shape index (κ1) is 13.1. The van der Waals surface area contributed by atoms with Crippen LogP contribution in [0.25, 0.3) is 0 Å². The quantitative estimate of drug-likeness (QED) is 0.756. The molecule has 0 spiro atoms. The number of amides is 1. The number of nitrogens with two attached hydrogens (primary N) is 1. The van der Waals surface area contributed by atoms with Gasteiger partial charge in [-0.15, -0.1) is 10.2 Å². The molecule has 0 aliphatic carbocycles. The van der Waals surface area contributed by atoms with Crippen LogP contribution in [0.5, 0.6) is 0 Å². The Morgan fingerprint density at radius 1 is 1.42 bits per heavy atom. The molecule has 0 saturated heterocycles. The molecule has 2 aromatic rings. The number of carbonyl (C=O) groups is 1. The molecule has 1 heterocycles. The number of rotatable bonds is 5. The van der Waals surface area contributed by atoms with Gasteiger partial charge in [-0.2, -0.15) is 0 Å². The zero-order chi connectivity index (χ0) is 13.7. The van der Waals surface area contributed by atoms with Crippen molar-refractivity contribution < 1.29 is 4.79 Å². The third-order valence-electron chi connectivity index (χ3n) is 2.88. The Hall–Kier alpha value is -2.37. The average molecular weight is 259 g/mol. The highest BCUT2D eigenvalue weighted by Crippen LogP contribution is 2.10. The minimum absolute atomic E-state index is 0.0416. The van der Waals surface area contributed by atoms with E-state index in [1.54, 1.807) is 12.4 Å². The standard InChI is InChI=1S/C13H17N5O/c1-18-9-16-17-12(18)6-7-15-13(19)8-10-4-2-3-5-11(10)14/h2-5,9H,6-8,14H2,1H3,(H,15,19). The van der Waals surface area contributed by atoms with E-state index >= 15 is 0 Å². The molecule has 1 aromatic heterocycles. The predicted molar refractivity (Wildman–Crippen MR) is 72.3 cm³/mol. The number of nitrogen functional groups attached to an aromatic ring is 1. The molecule has 6 heteroatoms. The first-order valence-corrected chi connectivity index (χ1v) is 6.10. The van der Waals surface area contributed by atoms with Crippen molar-refractivity contribution in [3.63, 3.8) is 0 Å². The fraction of sp³-hybridized carbons (Fsp3) is 0.308. The van der Waals surface area contributed by atoms with E-state index in [9.17, 15) is 4.79 Å². The summed E-state index contributed by atoms with van der Waals surface area (Å²) in [7, 11) is 1.88. The maximum Gasteiger partial charge on any atom is 0.224 e. The van der Waals surface area contributed by atoms with Crippen LogP contribution in [0, 0.1) is 0 Å². The van der Waals surface area contributed by atoms with Crippen molar-refractivity contribution in [3.8, 4) is 0 Å². The monoisotopic (exact) mass is 259 g/mol. The Balaban J connectivity index is 1.79. The van der Waals surface area contributed by atoms with Crippen LogP contribution >= 0.6 is 0 Å². The van der Waals surface area contributed by atoms with Gasteiger partial charge in [-0.3, -0.25) is 4.79 Å². The molecule has 0 saturated carbocycles. The smallest absolute Gasteiger partial charge is 0.224 e. The third kappa shape index (κ3) is 3.54. The fourth-order valence-corrected chi connectivity index (χ4v) is 1.78. The molecule has 19 heavy (non-hydrogen) atoms. The summed E-state index contributed by atoms with van der Waals surface area (Å²) in [4.78, 5) is 11.8. The number of aromatic nitrogens is 3. The number of hydrogen-bond acceptors (Lipinski definition) is 4. The molecular weight excluding hydrogens is 242 g/mol. The van der Waals surface area contributed by atoms with Crippen LogP contribution in [-0.4, -0.2) is 27.2 Å². The lowest BCUT2D eigenvalue weighted by Crippen LogP contribution is -2.28. The van der Waals surface area contributed by atoms with Crippen molar-refractivity contribution in [2.24, 2.45) is 7.05 Å². The van der Waals surface area contributed by atoms with E-state index in [2.05, 4.69) is 15.5 Å². The molecule has 100 valence electrons. The maximum absolute atomic E-state index is 11.8. The first-order valence-electron chi connectivity index (χ1n) is 6.10. The minimum atomic E-state index is -0.0416. The van der Waals surface area contributed by atoms with E-state index in [-0.39, 0.29) is 5.91 Å². The molecule has 0 bridgehead atoms. The van der Waals surface area contributed by atoms with E-state index in [0.29, 0.717) is 25.1 Å².